The van der Waals surface area contributed by atoms with Crippen molar-refractivity contribution in [3.8, 4) is 5.75 Å². The van der Waals surface area contributed by atoms with E-state index in [4.69, 9.17) is 16.3 Å². The molecule has 2 atom stereocenters. The number of benzene rings is 2. The number of likely N-dealkylation sites (tertiary alicyclic amines) is 1. The second kappa shape index (κ2) is 7.15. The number of ether oxygens (including phenoxy) is 1. The molecular weight excluding hydrogens is 340 g/mol. The first kappa shape index (κ1) is 17.3. The third-order valence-electron chi connectivity index (χ3n) is 4.48. The zero-order valence-corrected chi connectivity index (χ0v) is 14.8. The third-order valence-corrected chi connectivity index (χ3v) is 4.72. The van der Waals surface area contributed by atoms with Crippen LogP contribution in [0.1, 0.15) is 18.0 Å². The van der Waals surface area contributed by atoms with Crippen LogP contribution in [0.3, 0.4) is 0 Å². The number of halogens is 1. The summed E-state index contributed by atoms with van der Waals surface area (Å²) in [5.41, 5.74) is 1.43. The number of methoxy groups -OCH3 is 1. The predicted molar refractivity (Wildman–Crippen MR) is 96.7 cm³/mol. The van der Waals surface area contributed by atoms with E-state index in [1.165, 1.54) is 7.11 Å². The van der Waals surface area contributed by atoms with Crippen LogP contribution in [-0.2, 0) is 9.59 Å². The third kappa shape index (κ3) is 3.46. The predicted octanol–water partition coefficient (Wildman–Crippen LogP) is 3.51. The standard InChI is InChI=1S/C19H19ClN2O3/c1-22-17(23)11-14(18(22)12-6-4-3-5-7-12)19(24)21-15-10-13(20)8-9-16(15)25-2/h3-10,14,18H,11H2,1-2H3,(H,21,24)/t14-,18+/m1/s1. The second-order valence-corrected chi connectivity index (χ2v) is 6.44. The van der Waals surface area contributed by atoms with Crippen molar-refractivity contribution in [2.24, 2.45) is 5.92 Å². The van der Waals surface area contributed by atoms with Gasteiger partial charge >= 0.3 is 0 Å². The molecule has 6 heteroatoms. The van der Waals surface area contributed by atoms with Crippen molar-refractivity contribution >= 4 is 29.1 Å². The van der Waals surface area contributed by atoms with Gasteiger partial charge in [-0.3, -0.25) is 9.59 Å². The summed E-state index contributed by atoms with van der Waals surface area (Å²) in [7, 11) is 3.26. The quantitative estimate of drug-likeness (QED) is 0.909. The van der Waals surface area contributed by atoms with Crippen LogP contribution in [0, 0.1) is 5.92 Å². The van der Waals surface area contributed by atoms with Gasteiger partial charge in [0, 0.05) is 18.5 Å². The molecule has 25 heavy (non-hydrogen) atoms. The molecule has 2 aromatic carbocycles. The lowest BCUT2D eigenvalue weighted by Crippen LogP contribution is -2.30. The molecule has 1 heterocycles. The molecule has 1 aliphatic rings. The molecule has 130 valence electrons. The Bertz CT molecular complexity index is 795. The van der Waals surface area contributed by atoms with Gasteiger partial charge < -0.3 is 15.0 Å². The molecule has 0 spiro atoms. The summed E-state index contributed by atoms with van der Waals surface area (Å²) in [6.07, 6.45) is 0.171. The van der Waals surface area contributed by atoms with Crippen molar-refractivity contribution in [2.75, 3.05) is 19.5 Å². The van der Waals surface area contributed by atoms with Gasteiger partial charge in [0.15, 0.2) is 0 Å². The van der Waals surface area contributed by atoms with Crippen molar-refractivity contribution in [3.63, 3.8) is 0 Å². The number of anilines is 1. The Morgan fingerprint density at radius 3 is 2.64 bits per heavy atom. The van der Waals surface area contributed by atoms with Gasteiger partial charge in [-0.1, -0.05) is 41.9 Å². The number of carbonyl (C=O) groups excluding carboxylic acids is 2. The van der Waals surface area contributed by atoms with E-state index in [0.29, 0.717) is 16.5 Å². The molecule has 1 saturated heterocycles. The van der Waals surface area contributed by atoms with Gasteiger partial charge in [0.05, 0.1) is 24.8 Å². The summed E-state index contributed by atoms with van der Waals surface area (Å²) in [5, 5.41) is 3.35. The van der Waals surface area contributed by atoms with Crippen LogP contribution >= 0.6 is 11.6 Å². The molecule has 0 unspecified atom stereocenters. The van der Waals surface area contributed by atoms with Gasteiger partial charge in [0.2, 0.25) is 11.8 Å². The molecule has 0 radical (unpaired) electrons. The summed E-state index contributed by atoms with van der Waals surface area (Å²) in [6, 6.07) is 14.3. The number of rotatable bonds is 4. The maximum absolute atomic E-state index is 12.9. The number of carbonyl (C=O) groups is 2. The molecule has 1 fully saturated rings. The van der Waals surface area contributed by atoms with Crippen molar-refractivity contribution in [1.29, 1.82) is 0 Å². The van der Waals surface area contributed by atoms with Crippen molar-refractivity contribution in [2.45, 2.75) is 12.5 Å². The highest BCUT2D eigenvalue weighted by Crippen LogP contribution is 2.38. The normalized spacial score (nSPS) is 19.8. The van der Waals surface area contributed by atoms with E-state index in [1.54, 1.807) is 30.1 Å². The first-order valence-corrected chi connectivity index (χ1v) is 8.34. The molecular formula is C19H19ClN2O3. The minimum atomic E-state index is -0.483. The van der Waals surface area contributed by atoms with Crippen molar-refractivity contribution in [1.82, 2.24) is 4.90 Å². The maximum Gasteiger partial charge on any atom is 0.230 e. The molecule has 0 aromatic heterocycles. The van der Waals surface area contributed by atoms with E-state index in [9.17, 15) is 9.59 Å². The maximum atomic E-state index is 12.9. The highest BCUT2D eigenvalue weighted by molar-refractivity contribution is 6.31. The largest absolute Gasteiger partial charge is 0.495 e. The van der Waals surface area contributed by atoms with Crippen LogP contribution in [0.4, 0.5) is 5.69 Å². The summed E-state index contributed by atoms with van der Waals surface area (Å²) in [4.78, 5) is 26.7. The average molecular weight is 359 g/mol. The Morgan fingerprint density at radius 2 is 1.96 bits per heavy atom. The van der Waals surface area contributed by atoms with E-state index in [-0.39, 0.29) is 24.3 Å². The fourth-order valence-electron chi connectivity index (χ4n) is 3.21. The van der Waals surface area contributed by atoms with E-state index in [0.717, 1.165) is 5.56 Å². The summed E-state index contributed by atoms with van der Waals surface area (Å²) < 4.78 is 5.27. The van der Waals surface area contributed by atoms with Gasteiger partial charge in [0.25, 0.3) is 0 Å². The molecule has 0 bridgehead atoms. The van der Waals surface area contributed by atoms with E-state index in [2.05, 4.69) is 5.32 Å². The fourth-order valence-corrected chi connectivity index (χ4v) is 3.39. The smallest absolute Gasteiger partial charge is 0.230 e. The monoisotopic (exact) mass is 358 g/mol. The SMILES string of the molecule is COc1ccc(Cl)cc1NC(=O)[C@@H]1CC(=O)N(C)[C@H]1c1ccccc1. The molecule has 0 aliphatic carbocycles. The number of hydrogen-bond acceptors (Lipinski definition) is 3. The lowest BCUT2D eigenvalue weighted by molar-refractivity contribution is -0.127. The summed E-state index contributed by atoms with van der Waals surface area (Å²) in [6.45, 7) is 0. The second-order valence-electron chi connectivity index (χ2n) is 6.00. The molecule has 5 nitrogen and oxygen atoms in total. The van der Waals surface area contributed by atoms with Crippen LogP contribution < -0.4 is 10.1 Å². The van der Waals surface area contributed by atoms with E-state index >= 15 is 0 Å². The first-order valence-electron chi connectivity index (χ1n) is 7.96. The molecule has 1 N–H and O–H groups in total. The van der Waals surface area contributed by atoms with Crippen LogP contribution in [0.2, 0.25) is 5.02 Å². The van der Waals surface area contributed by atoms with E-state index < -0.39 is 5.92 Å². The van der Waals surface area contributed by atoms with Gasteiger partial charge in [0.1, 0.15) is 5.75 Å². The zero-order chi connectivity index (χ0) is 18.0. The minimum absolute atomic E-state index is 0.0490. The number of nitrogens with one attached hydrogen (secondary N) is 1. The fraction of sp³-hybridized carbons (Fsp3) is 0.263. The number of nitrogens with zero attached hydrogens (tertiary/aromatic N) is 1. The van der Waals surface area contributed by atoms with Crippen LogP contribution in [-0.4, -0.2) is 30.9 Å². The molecule has 2 aromatic rings. The first-order chi connectivity index (χ1) is 12.0. The topological polar surface area (TPSA) is 58.6 Å². The highest BCUT2D eigenvalue weighted by Gasteiger charge is 2.42. The Morgan fingerprint density at radius 1 is 1.24 bits per heavy atom. The molecule has 1 aliphatic heterocycles. The van der Waals surface area contributed by atoms with Gasteiger partial charge in [-0.25, -0.2) is 0 Å². The Balaban J connectivity index is 1.88. The summed E-state index contributed by atoms with van der Waals surface area (Å²) >= 11 is 6.02. The zero-order valence-electron chi connectivity index (χ0n) is 14.0. The van der Waals surface area contributed by atoms with Gasteiger partial charge in [-0.2, -0.15) is 0 Å². The average Bonchev–Trinajstić information content (AvgIpc) is 2.91. The molecule has 2 amide bonds. The van der Waals surface area contributed by atoms with E-state index in [1.807, 2.05) is 30.3 Å². The lowest BCUT2D eigenvalue weighted by Gasteiger charge is -2.25. The van der Waals surface area contributed by atoms with Crippen LogP contribution in [0.15, 0.2) is 48.5 Å². The number of hydrogen-bond donors (Lipinski definition) is 1. The Labute approximate surface area is 151 Å². The summed E-state index contributed by atoms with van der Waals surface area (Å²) in [5.74, 6) is -0.241. The van der Waals surface area contributed by atoms with Crippen molar-refractivity contribution in [3.05, 3.63) is 59.1 Å². The van der Waals surface area contributed by atoms with Crippen LogP contribution in [0.5, 0.6) is 5.75 Å². The Hall–Kier alpha value is -2.53. The van der Waals surface area contributed by atoms with Crippen molar-refractivity contribution < 1.29 is 14.3 Å². The van der Waals surface area contributed by atoms with Crippen LogP contribution in [0.25, 0.3) is 0 Å². The van der Waals surface area contributed by atoms with Gasteiger partial charge in [-0.15, -0.1) is 0 Å². The highest BCUT2D eigenvalue weighted by atomic mass is 35.5. The lowest BCUT2D eigenvalue weighted by atomic mass is 9.93. The molecule has 0 saturated carbocycles. The molecule has 3 rings (SSSR count). The minimum Gasteiger partial charge on any atom is -0.495 e. The van der Waals surface area contributed by atoms with Gasteiger partial charge in [-0.05, 0) is 23.8 Å². The number of amides is 2. The Kier molecular flexibility index (Phi) is 4.95.